The minimum Gasteiger partial charge on any atom is -0.102 e. The summed E-state index contributed by atoms with van der Waals surface area (Å²) in [6.07, 6.45) is 4.86. The summed E-state index contributed by atoms with van der Waals surface area (Å²) in [7, 11) is 0. The Morgan fingerprint density at radius 3 is 1.71 bits per heavy atom. The first-order chi connectivity index (χ1) is 16.4. The fourth-order valence-electron chi connectivity index (χ4n) is 5.25. The summed E-state index contributed by atoms with van der Waals surface area (Å²) in [4.78, 5) is 0. The standard InChI is InChI=1S/C34H32/c1-6-24(7-2)21-25-9-11-26(12-10-25)27-13-15-28(16-14-27)29-17-19-31-30-18-8-23(3)20-32(30)34(4,5)33(31)22-29/h6-20,22,24H,1-2,21H2,3-5H3. The Labute approximate surface area is 204 Å². The van der Waals surface area contributed by atoms with E-state index >= 15 is 0 Å². The molecule has 4 aromatic rings. The molecule has 0 aliphatic heterocycles. The highest BCUT2D eigenvalue weighted by Crippen LogP contribution is 2.49. The van der Waals surface area contributed by atoms with Gasteiger partial charge in [0.05, 0.1) is 0 Å². The number of aryl methyl sites for hydroxylation is 1. The van der Waals surface area contributed by atoms with Crippen LogP contribution in [0.3, 0.4) is 0 Å². The van der Waals surface area contributed by atoms with Crippen LogP contribution in [0.4, 0.5) is 0 Å². The minimum absolute atomic E-state index is 0.0184. The molecule has 1 aliphatic carbocycles. The van der Waals surface area contributed by atoms with Crippen LogP contribution in [-0.2, 0) is 11.8 Å². The van der Waals surface area contributed by atoms with Gasteiger partial charge < -0.3 is 0 Å². The van der Waals surface area contributed by atoms with Gasteiger partial charge in [-0.1, -0.05) is 110 Å². The Kier molecular flexibility index (Phi) is 5.62. The van der Waals surface area contributed by atoms with Crippen LogP contribution in [0, 0.1) is 12.8 Å². The monoisotopic (exact) mass is 440 g/mol. The molecule has 5 rings (SSSR count). The molecule has 0 atom stereocenters. The van der Waals surface area contributed by atoms with E-state index in [9.17, 15) is 0 Å². The number of allylic oxidation sites excluding steroid dienone is 2. The van der Waals surface area contributed by atoms with E-state index in [1.54, 1.807) is 0 Å². The van der Waals surface area contributed by atoms with E-state index in [1.165, 1.54) is 55.6 Å². The van der Waals surface area contributed by atoms with Crippen LogP contribution in [0.2, 0.25) is 0 Å². The summed E-state index contributed by atoms with van der Waals surface area (Å²) in [6, 6.07) is 31.6. The lowest BCUT2D eigenvalue weighted by Gasteiger charge is -2.22. The summed E-state index contributed by atoms with van der Waals surface area (Å²) in [6.45, 7) is 14.7. The van der Waals surface area contributed by atoms with Crippen LogP contribution in [0.15, 0.2) is 110 Å². The first-order valence-electron chi connectivity index (χ1n) is 12.1. The number of benzene rings is 4. The van der Waals surface area contributed by atoms with Gasteiger partial charge in [-0.05, 0) is 75.4 Å². The zero-order chi connectivity index (χ0) is 23.9. The van der Waals surface area contributed by atoms with E-state index in [0.29, 0.717) is 5.92 Å². The SMILES string of the molecule is C=CC(C=C)Cc1ccc(-c2ccc(-c3ccc4c(c3)C(C)(C)c3cc(C)ccc3-4)cc2)cc1. The molecule has 4 aromatic carbocycles. The second kappa shape index (κ2) is 8.61. The normalized spacial score (nSPS) is 13.4. The first-order valence-corrected chi connectivity index (χ1v) is 12.1. The smallest absolute Gasteiger partial charge is 0.0159 e. The highest BCUT2D eigenvalue weighted by molar-refractivity contribution is 5.84. The van der Waals surface area contributed by atoms with Crippen LogP contribution in [0.5, 0.6) is 0 Å². The average Bonchev–Trinajstić information content (AvgIpc) is 3.09. The van der Waals surface area contributed by atoms with Crippen molar-refractivity contribution in [3.63, 3.8) is 0 Å². The van der Waals surface area contributed by atoms with Crippen molar-refractivity contribution < 1.29 is 0 Å². The maximum absolute atomic E-state index is 3.90. The molecule has 0 unspecified atom stereocenters. The molecule has 0 radical (unpaired) electrons. The molecular weight excluding hydrogens is 408 g/mol. The lowest BCUT2D eigenvalue weighted by molar-refractivity contribution is 0.660. The van der Waals surface area contributed by atoms with Gasteiger partial charge in [-0.2, -0.15) is 0 Å². The van der Waals surface area contributed by atoms with Crippen LogP contribution in [0.25, 0.3) is 33.4 Å². The van der Waals surface area contributed by atoms with E-state index in [1.807, 2.05) is 12.2 Å². The topological polar surface area (TPSA) is 0 Å². The largest absolute Gasteiger partial charge is 0.102 e. The summed E-state index contributed by atoms with van der Waals surface area (Å²) in [5.74, 6) is 0.319. The first kappa shape index (κ1) is 22.2. The predicted octanol–water partition coefficient (Wildman–Crippen LogP) is 9.17. The number of fused-ring (bicyclic) bond motifs is 3. The third kappa shape index (κ3) is 3.84. The quantitative estimate of drug-likeness (QED) is 0.262. The van der Waals surface area contributed by atoms with Gasteiger partial charge in [0.15, 0.2) is 0 Å². The molecule has 0 amide bonds. The summed E-state index contributed by atoms with van der Waals surface area (Å²) < 4.78 is 0. The van der Waals surface area contributed by atoms with Gasteiger partial charge in [-0.3, -0.25) is 0 Å². The highest BCUT2D eigenvalue weighted by Gasteiger charge is 2.35. The van der Waals surface area contributed by atoms with E-state index in [2.05, 4.69) is 119 Å². The summed E-state index contributed by atoms with van der Waals surface area (Å²) >= 11 is 0. The predicted molar refractivity (Wildman–Crippen MR) is 147 cm³/mol. The molecule has 0 heterocycles. The zero-order valence-electron chi connectivity index (χ0n) is 20.4. The molecule has 168 valence electrons. The second-order valence-electron chi connectivity index (χ2n) is 10.0. The van der Waals surface area contributed by atoms with Gasteiger partial charge in [0.25, 0.3) is 0 Å². The van der Waals surface area contributed by atoms with Crippen molar-refractivity contribution in [2.45, 2.75) is 32.6 Å². The van der Waals surface area contributed by atoms with E-state index in [0.717, 1.165) is 6.42 Å². The van der Waals surface area contributed by atoms with Crippen molar-refractivity contribution in [3.8, 4) is 33.4 Å². The summed E-state index contributed by atoms with van der Waals surface area (Å²) in [5.41, 5.74) is 13.3. The molecule has 0 nitrogen and oxygen atoms in total. The van der Waals surface area contributed by atoms with E-state index in [4.69, 9.17) is 0 Å². The average molecular weight is 441 g/mol. The molecule has 0 N–H and O–H groups in total. The number of rotatable bonds is 6. The maximum Gasteiger partial charge on any atom is 0.0159 e. The maximum atomic E-state index is 3.90. The highest BCUT2D eigenvalue weighted by atomic mass is 14.4. The van der Waals surface area contributed by atoms with Crippen molar-refractivity contribution in [1.82, 2.24) is 0 Å². The van der Waals surface area contributed by atoms with Crippen molar-refractivity contribution in [2.24, 2.45) is 5.92 Å². The van der Waals surface area contributed by atoms with Crippen molar-refractivity contribution in [3.05, 3.63) is 132 Å². The molecule has 34 heavy (non-hydrogen) atoms. The Morgan fingerprint density at radius 2 is 1.12 bits per heavy atom. The number of hydrogen-bond acceptors (Lipinski definition) is 0. The zero-order valence-corrected chi connectivity index (χ0v) is 20.4. The van der Waals surface area contributed by atoms with Crippen molar-refractivity contribution in [2.75, 3.05) is 0 Å². The molecule has 0 spiro atoms. The third-order valence-corrected chi connectivity index (χ3v) is 7.41. The lowest BCUT2D eigenvalue weighted by Crippen LogP contribution is -2.15. The Balaban J connectivity index is 1.41. The molecule has 0 bridgehead atoms. The van der Waals surface area contributed by atoms with Gasteiger partial charge in [-0.25, -0.2) is 0 Å². The molecule has 0 aromatic heterocycles. The van der Waals surface area contributed by atoms with Crippen molar-refractivity contribution >= 4 is 0 Å². The third-order valence-electron chi connectivity index (χ3n) is 7.41. The Morgan fingerprint density at radius 1 is 0.647 bits per heavy atom. The molecule has 1 aliphatic rings. The van der Waals surface area contributed by atoms with Gasteiger partial charge in [0.2, 0.25) is 0 Å². The van der Waals surface area contributed by atoms with Crippen LogP contribution in [0.1, 0.15) is 36.1 Å². The fourth-order valence-corrected chi connectivity index (χ4v) is 5.25. The molecule has 0 saturated carbocycles. The van der Waals surface area contributed by atoms with Gasteiger partial charge >= 0.3 is 0 Å². The second-order valence-corrected chi connectivity index (χ2v) is 10.0. The van der Waals surface area contributed by atoms with Crippen LogP contribution < -0.4 is 0 Å². The van der Waals surface area contributed by atoms with Crippen LogP contribution >= 0.6 is 0 Å². The van der Waals surface area contributed by atoms with Crippen LogP contribution in [-0.4, -0.2) is 0 Å². The summed E-state index contributed by atoms with van der Waals surface area (Å²) in [5, 5.41) is 0. The fraction of sp³-hybridized carbons (Fsp3) is 0.176. The van der Waals surface area contributed by atoms with E-state index in [-0.39, 0.29) is 5.41 Å². The van der Waals surface area contributed by atoms with Gasteiger partial charge in [0.1, 0.15) is 0 Å². The van der Waals surface area contributed by atoms with Gasteiger partial charge in [0, 0.05) is 5.41 Å². The van der Waals surface area contributed by atoms with Crippen molar-refractivity contribution in [1.29, 1.82) is 0 Å². The van der Waals surface area contributed by atoms with Gasteiger partial charge in [-0.15, -0.1) is 13.2 Å². The Bertz CT molecular complexity index is 1360. The molecular formula is C34H32. The number of hydrogen-bond donors (Lipinski definition) is 0. The lowest BCUT2D eigenvalue weighted by atomic mass is 9.81. The Hall–Kier alpha value is -3.64. The van der Waals surface area contributed by atoms with E-state index < -0.39 is 0 Å². The molecule has 0 fully saturated rings. The molecule has 0 heteroatoms. The minimum atomic E-state index is 0.0184. The molecule has 0 saturated heterocycles.